The molecule has 0 aliphatic carbocycles. The fourth-order valence-electron chi connectivity index (χ4n) is 2.01. The van der Waals surface area contributed by atoms with Crippen molar-refractivity contribution in [3.63, 3.8) is 0 Å². The number of rotatable bonds is 4. The molecule has 2 heterocycles. The third kappa shape index (κ3) is 2.64. The van der Waals surface area contributed by atoms with Crippen molar-refractivity contribution in [1.82, 2.24) is 9.78 Å². The highest BCUT2D eigenvalue weighted by Crippen LogP contribution is 2.36. The summed E-state index contributed by atoms with van der Waals surface area (Å²) < 4.78 is 8.00. The largest absolute Gasteiger partial charge is 0.495 e. The van der Waals surface area contributed by atoms with Gasteiger partial charge in [-0.3, -0.25) is 4.79 Å². The van der Waals surface area contributed by atoms with E-state index < -0.39 is 0 Å². The Morgan fingerprint density at radius 1 is 1.29 bits per heavy atom. The average Bonchev–Trinajstić information content (AvgIpc) is 3.13. The minimum Gasteiger partial charge on any atom is -0.495 e. The molecule has 6 heteroatoms. The summed E-state index contributed by atoms with van der Waals surface area (Å²) in [6.07, 6.45) is 2.54. The highest BCUT2D eigenvalue weighted by molar-refractivity contribution is 9.10. The van der Waals surface area contributed by atoms with E-state index in [0.29, 0.717) is 11.3 Å². The van der Waals surface area contributed by atoms with Gasteiger partial charge in [-0.2, -0.15) is 5.10 Å². The van der Waals surface area contributed by atoms with Gasteiger partial charge in [-0.1, -0.05) is 15.9 Å². The predicted molar refractivity (Wildman–Crippen MR) is 86.5 cm³/mol. The van der Waals surface area contributed by atoms with Gasteiger partial charge in [0, 0.05) is 10.7 Å². The zero-order valence-corrected chi connectivity index (χ0v) is 13.5. The van der Waals surface area contributed by atoms with Crippen molar-refractivity contribution in [2.45, 2.75) is 0 Å². The van der Waals surface area contributed by atoms with Crippen LogP contribution in [0.2, 0.25) is 0 Å². The maximum atomic E-state index is 11.3. The van der Waals surface area contributed by atoms with Crippen molar-refractivity contribution >= 4 is 33.6 Å². The monoisotopic (exact) mass is 362 g/mol. The van der Waals surface area contributed by atoms with E-state index in [1.165, 1.54) is 11.3 Å². The minimum absolute atomic E-state index is 0.540. The molecule has 0 saturated carbocycles. The van der Waals surface area contributed by atoms with Gasteiger partial charge in [0.05, 0.1) is 23.2 Å². The molecule has 4 nitrogen and oxygen atoms in total. The van der Waals surface area contributed by atoms with E-state index in [4.69, 9.17) is 4.74 Å². The van der Waals surface area contributed by atoms with Gasteiger partial charge in [0.2, 0.25) is 0 Å². The number of halogens is 1. The van der Waals surface area contributed by atoms with Crippen molar-refractivity contribution in [3.8, 4) is 22.0 Å². The van der Waals surface area contributed by atoms with Gasteiger partial charge in [0.25, 0.3) is 0 Å². The number of methoxy groups -OCH3 is 1. The minimum atomic E-state index is 0.540. The van der Waals surface area contributed by atoms with Gasteiger partial charge in [-0.15, -0.1) is 11.3 Å². The number of carbonyl (C=O) groups excluding carboxylic acids is 1. The molecule has 0 unspecified atom stereocenters. The van der Waals surface area contributed by atoms with Crippen molar-refractivity contribution in [3.05, 3.63) is 51.9 Å². The molecule has 21 heavy (non-hydrogen) atoms. The third-order valence-electron chi connectivity index (χ3n) is 3.02. The summed E-state index contributed by atoms with van der Waals surface area (Å²) in [6.45, 7) is 0. The van der Waals surface area contributed by atoms with Crippen LogP contribution < -0.4 is 4.74 Å². The van der Waals surface area contributed by atoms with Crippen LogP contribution in [0, 0.1) is 0 Å². The van der Waals surface area contributed by atoms with E-state index in [0.717, 1.165) is 27.1 Å². The summed E-state index contributed by atoms with van der Waals surface area (Å²) in [7, 11) is 1.61. The molecule has 0 fully saturated rings. The number of aromatic nitrogens is 2. The summed E-state index contributed by atoms with van der Waals surface area (Å²) in [6, 6.07) is 9.60. The van der Waals surface area contributed by atoms with Gasteiger partial charge in [0.1, 0.15) is 11.4 Å². The van der Waals surface area contributed by atoms with Crippen LogP contribution in [0.3, 0.4) is 0 Å². The first-order valence-electron chi connectivity index (χ1n) is 6.15. The summed E-state index contributed by atoms with van der Waals surface area (Å²) in [5.74, 6) is 0.726. The van der Waals surface area contributed by atoms with E-state index in [1.54, 1.807) is 18.0 Å². The molecule has 0 N–H and O–H groups in total. The molecule has 1 aromatic carbocycles. The number of hydrogen-bond donors (Lipinski definition) is 0. The van der Waals surface area contributed by atoms with Crippen LogP contribution in [0.15, 0.2) is 46.4 Å². The average molecular weight is 363 g/mol. The first kappa shape index (κ1) is 14.0. The molecule has 0 aliphatic heterocycles. The third-order valence-corrected chi connectivity index (χ3v) is 4.46. The normalized spacial score (nSPS) is 10.6. The lowest BCUT2D eigenvalue weighted by atomic mass is 10.2. The molecule has 0 atom stereocenters. The predicted octanol–water partition coefficient (Wildman–Crippen LogP) is 4.18. The van der Waals surface area contributed by atoms with Crippen LogP contribution in [0.4, 0.5) is 0 Å². The number of nitrogens with zero attached hydrogens (tertiary/aromatic N) is 2. The van der Waals surface area contributed by atoms with Crippen LogP contribution in [-0.2, 0) is 0 Å². The first-order valence-corrected chi connectivity index (χ1v) is 7.83. The van der Waals surface area contributed by atoms with Gasteiger partial charge >= 0.3 is 0 Å². The van der Waals surface area contributed by atoms with E-state index >= 15 is 0 Å². The second-order valence-electron chi connectivity index (χ2n) is 4.29. The van der Waals surface area contributed by atoms with Crippen molar-refractivity contribution < 1.29 is 9.53 Å². The van der Waals surface area contributed by atoms with Crippen LogP contribution in [0.25, 0.3) is 16.3 Å². The molecule has 0 amide bonds. The zero-order valence-electron chi connectivity index (χ0n) is 11.1. The van der Waals surface area contributed by atoms with Gasteiger partial charge < -0.3 is 4.74 Å². The van der Waals surface area contributed by atoms with Gasteiger partial charge in [0.15, 0.2) is 6.29 Å². The van der Waals surface area contributed by atoms with Crippen molar-refractivity contribution in [1.29, 1.82) is 0 Å². The number of aldehydes is 1. The van der Waals surface area contributed by atoms with Crippen molar-refractivity contribution in [2.24, 2.45) is 0 Å². The van der Waals surface area contributed by atoms with Crippen LogP contribution in [-0.4, -0.2) is 23.2 Å². The number of thiophene rings is 1. The Morgan fingerprint density at radius 2 is 2.05 bits per heavy atom. The lowest BCUT2D eigenvalue weighted by molar-refractivity contribution is 0.112. The maximum absolute atomic E-state index is 11.3. The molecule has 0 spiro atoms. The van der Waals surface area contributed by atoms with E-state index in [-0.39, 0.29) is 0 Å². The lowest BCUT2D eigenvalue weighted by Gasteiger charge is -2.01. The SMILES string of the molecule is COc1ccsc1-c1nn(-c2ccc(Br)cc2)cc1C=O. The van der Waals surface area contributed by atoms with Crippen LogP contribution >= 0.6 is 27.3 Å². The summed E-state index contributed by atoms with van der Waals surface area (Å²) in [5.41, 5.74) is 2.07. The van der Waals surface area contributed by atoms with E-state index in [1.807, 2.05) is 35.7 Å². The maximum Gasteiger partial charge on any atom is 0.153 e. The lowest BCUT2D eigenvalue weighted by Crippen LogP contribution is -1.94. The van der Waals surface area contributed by atoms with Crippen molar-refractivity contribution in [2.75, 3.05) is 7.11 Å². The zero-order chi connectivity index (χ0) is 14.8. The molecule has 106 valence electrons. The fourth-order valence-corrected chi connectivity index (χ4v) is 3.14. The fraction of sp³-hybridized carbons (Fsp3) is 0.0667. The first-order chi connectivity index (χ1) is 10.2. The Hall–Kier alpha value is -1.92. The highest BCUT2D eigenvalue weighted by Gasteiger charge is 2.16. The van der Waals surface area contributed by atoms with Gasteiger partial charge in [-0.25, -0.2) is 4.68 Å². The van der Waals surface area contributed by atoms with Gasteiger partial charge in [-0.05, 0) is 35.7 Å². The molecule has 0 saturated heterocycles. The molecule has 3 rings (SSSR count). The number of benzene rings is 1. The summed E-state index contributed by atoms with van der Waals surface area (Å²) >= 11 is 4.90. The molecular formula is C15H11BrN2O2S. The molecule has 2 aromatic heterocycles. The highest BCUT2D eigenvalue weighted by atomic mass is 79.9. The van der Waals surface area contributed by atoms with E-state index in [9.17, 15) is 4.79 Å². The Labute approximate surface area is 134 Å². The Kier molecular flexibility index (Phi) is 3.90. The number of hydrogen-bond acceptors (Lipinski definition) is 4. The molecule has 0 aliphatic rings. The molecular weight excluding hydrogens is 352 g/mol. The summed E-state index contributed by atoms with van der Waals surface area (Å²) in [4.78, 5) is 12.2. The Balaban J connectivity index is 2.10. The van der Waals surface area contributed by atoms with E-state index in [2.05, 4.69) is 21.0 Å². The number of carbonyl (C=O) groups is 1. The molecule has 0 radical (unpaired) electrons. The Bertz CT molecular complexity index is 777. The number of ether oxygens (including phenoxy) is 1. The second kappa shape index (κ2) is 5.83. The standard InChI is InChI=1S/C15H11BrN2O2S/c1-20-13-6-7-21-15(13)14-10(9-19)8-18(17-14)12-4-2-11(16)3-5-12/h2-9H,1H3. The van der Waals surface area contributed by atoms with Crippen LogP contribution in [0.1, 0.15) is 10.4 Å². The Morgan fingerprint density at radius 3 is 2.71 bits per heavy atom. The molecule has 3 aromatic rings. The second-order valence-corrected chi connectivity index (χ2v) is 6.12. The smallest absolute Gasteiger partial charge is 0.153 e. The summed E-state index contributed by atoms with van der Waals surface area (Å²) in [5, 5.41) is 6.45. The van der Waals surface area contributed by atoms with Crippen LogP contribution in [0.5, 0.6) is 5.75 Å². The topological polar surface area (TPSA) is 44.1 Å². The quantitative estimate of drug-likeness (QED) is 0.653. The molecule has 0 bridgehead atoms.